The number of carbonyl (C=O) groups excluding carboxylic acids is 3. The van der Waals surface area contributed by atoms with Gasteiger partial charge in [-0.05, 0) is 39.0 Å². The van der Waals surface area contributed by atoms with Crippen molar-refractivity contribution in [2.45, 2.75) is 76.0 Å². The third-order valence-corrected chi connectivity index (χ3v) is 9.21. The summed E-state index contributed by atoms with van der Waals surface area (Å²) < 4.78 is 17.7. The first kappa shape index (κ1) is 30.0. The smallest absolute Gasteiger partial charge is 0.312 e. The van der Waals surface area contributed by atoms with E-state index in [1.165, 1.54) is 0 Å². The highest BCUT2D eigenvalue weighted by Crippen LogP contribution is 2.64. The Bertz CT molecular complexity index is 894. The predicted octanol–water partition coefficient (Wildman–Crippen LogP) is 1.60. The zero-order chi connectivity index (χ0) is 28.0. The molecule has 39 heavy (non-hydrogen) atoms. The fourth-order valence-corrected chi connectivity index (χ4v) is 7.28. The number of ether oxygens (including phenoxy) is 3. The molecule has 2 amide bonds. The minimum atomic E-state index is -1.04. The molecule has 0 saturated carbocycles. The van der Waals surface area contributed by atoms with Crippen molar-refractivity contribution in [3.05, 3.63) is 12.7 Å². The van der Waals surface area contributed by atoms with Crippen LogP contribution in [0, 0.1) is 11.8 Å². The molecule has 0 aromatic heterocycles. The van der Waals surface area contributed by atoms with Crippen molar-refractivity contribution in [1.82, 2.24) is 14.7 Å². The number of aliphatic hydroxyl groups excluding tert-OH is 1. The van der Waals surface area contributed by atoms with Gasteiger partial charge in [-0.2, -0.15) is 0 Å². The predicted molar refractivity (Wildman–Crippen MR) is 145 cm³/mol. The number of amides is 2. The lowest BCUT2D eigenvalue weighted by Crippen LogP contribution is -2.57. The van der Waals surface area contributed by atoms with Gasteiger partial charge in [0.2, 0.25) is 11.8 Å². The number of hydrogen-bond acceptors (Lipinski definition) is 8. The maximum absolute atomic E-state index is 14.4. The molecular weight excluding hydrogens is 502 g/mol. The Morgan fingerprint density at radius 2 is 1.90 bits per heavy atom. The molecule has 5 atom stereocenters. The van der Waals surface area contributed by atoms with Gasteiger partial charge in [0.05, 0.1) is 31.3 Å². The van der Waals surface area contributed by atoms with E-state index in [2.05, 4.69) is 11.5 Å². The molecular formula is C29H47N3O7. The van der Waals surface area contributed by atoms with Crippen molar-refractivity contribution in [2.24, 2.45) is 11.8 Å². The van der Waals surface area contributed by atoms with Gasteiger partial charge in [0.15, 0.2) is 0 Å². The Kier molecular flexibility index (Phi) is 10.1. The van der Waals surface area contributed by atoms with Gasteiger partial charge in [0, 0.05) is 45.9 Å². The van der Waals surface area contributed by atoms with E-state index in [4.69, 9.17) is 19.3 Å². The van der Waals surface area contributed by atoms with E-state index in [9.17, 15) is 14.4 Å². The van der Waals surface area contributed by atoms with Gasteiger partial charge in [0.1, 0.15) is 17.6 Å². The van der Waals surface area contributed by atoms with Crippen LogP contribution in [0.2, 0.25) is 0 Å². The zero-order valence-corrected chi connectivity index (χ0v) is 23.8. The average Bonchev–Trinajstić information content (AvgIpc) is 3.55. The lowest BCUT2D eigenvalue weighted by Gasteiger charge is -2.37. The molecule has 4 saturated heterocycles. The van der Waals surface area contributed by atoms with Crippen LogP contribution in [0.1, 0.15) is 58.8 Å². The fourth-order valence-electron chi connectivity index (χ4n) is 7.28. The molecule has 4 aliphatic heterocycles. The van der Waals surface area contributed by atoms with Gasteiger partial charge in [0.25, 0.3) is 0 Å². The van der Waals surface area contributed by atoms with Crippen molar-refractivity contribution >= 4 is 17.8 Å². The molecule has 4 heterocycles. The molecule has 220 valence electrons. The number of morpholine rings is 1. The van der Waals surface area contributed by atoms with Crippen LogP contribution in [0.25, 0.3) is 0 Å². The molecule has 10 nitrogen and oxygen atoms in total. The topological polar surface area (TPSA) is 109 Å². The van der Waals surface area contributed by atoms with Gasteiger partial charge in [-0.25, -0.2) is 0 Å². The highest BCUT2D eigenvalue weighted by molar-refractivity contribution is 5.98. The Morgan fingerprint density at radius 3 is 2.56 bits per heavy atom. The zero-order valence-electron chi connectivity index (χ0n) is 23.8. The van der Waals surface area contributed by atoms with Gasteiger partial charge in [-0.3, -0.25) is 19.3 Å². The molecule has 2 unspecified atom stereocenters. The lowest BCUT2D eigenvalue weighted by molar-refractivity contribution is -0.161. The number of likely N-dealkylation sites (tertiary alicyclic amines) is 1. The van der Waals surface area contributed by atoms with E-state index in [0.717, 1.165) is 32.4 Å². The number of nitrogens with zero attached hydrogens (tertiary/aromatic N) is 3. The first-order valence-corrected chi connectivity index (χ1v) is 14.9. The van der Waals surface area contributed by atoms with Gasteiger partial charge in [-0.15, -0.1) is 6.58 Å². The van der Waals surface area contributed by atoms with Crippen LogP contribution in [0.5, 0.6) is 0 Å². The number of fused-ring (bicyclic) bond motifs is 1. The lowest BCUT2D eigenvalue weighted by atomic mass is 9.65. The second kappa shape index (κ2) is 13.1. The molecule has 10 heteroatoms. The molecule has 0 radical (unpaired) electrons. The maximum Gasteiger partial charge on any atom is 0.312 e. The minimum absolute atomic E-state index is 0.134. The van der Waals surface area contributed by atoms with E-state index in [1.54, 1.807) is 22.8 Å². The number of esters is 1. The molecule has 2 bridgehead atoms. The van der Waals surface area contributed by atoms with Gasteiger partial charge < -0.3 is 29.1 Å². The van der Waals surface area contributed by atoms with E-state index >= 15 is 0 Å². The van der Waals surface area contributed by atoms with Crippen molar-refractivity contribution in [3.63, 3.8) is 0 Å². The standard InChI is InChI=1S/C29H47N3O7/c1-4-13-31(16-15-30-17-20-37-21-18-30)26(35)24-29-12-11-28(5-2,39-29)23(27(36)38-6-3)22(29)25(34)32(24)14-9-7-8-10-19-33/h4,22-24,33H,1,5-21H2,2-3H3/t22-,23-,24?,28+,29?/m0/s1. The Morgan fingerprint density at radius 1 is 1.15 bits per heavy atom. The first-order valence-electron chi connectivity index (χ1n) is 14.9. The third kappa shape index (κ3) is 5.62. The van der Waals surface area contributed by atoms with Gasteiger partial charge >= 0.3 is 5.97 Å². The molecule has 0 aliphatic carbocycles. The highest BCUT2D eigenvalue weighted by Gasteiger charge is 2.79. The van der Waals surface area contributed by atoms with E-state index in [0.29, 0.717) is 65.1 Å². The Hall–Kier alpha value is -2.01. The number of hydrogen-bond donors (Lipinski definition) is 1. The van der Waals surface area contributed by atoms with Crippen LogP contribution in [0.3, 0.4) is 0 Å². The van der Waals surface area contributed by atoms with Crippen LogP contribution < -0.4 is 0 Å². The molecule has 0 aromatic carbocycles. The van der Waals surface area contributed by atoms with Crippen LogP contribution in [0.15, 0.2) is 12.7 Å². The van der Waals surface area contributed by atoms with Crippen LogP contribution in [-0.2, 0) is 28.6 Å². The first-order chi connectivity index (χ1) is 18.9. The Balaban J connectivity index is 1.63. The number of unbranched alkanes of at least 4 members (excludes halogenated alkanes) is 3. The average molecular weight is 550 g/mol. The summed E-state index contributed by atoms with van der Waals surface area (Å²) >= 11 is 0. The molecule has 4 rings (SSSR count). The molecule has 4 aliphatic rings. The number of carbonyl (C=O) groups is 3. The van der Waals surface area contributed by atoms with Crippen LogP contribution >= 0.6 is 0 Å². The summed E-state index contributed by atoms with van der Waals surface area (Å²) in [4.78, 5) is 47.7. The molecule has 0 aromatic rings. The third-order valence-electron chi connectivity index (χ3n) is 9.21. The van der Waals surface area contributed by atoms with E-state index in [-0.39, 0.29) is 25.0 Å². The number of rotatable bonds is 15. The highest BCUT2D eigenvalue weighted by atomic mass is 16.6. The minimum Gasteiger partial charge on any atom is -0.466 e. The van der Waals surface area contributed by atoms with Crippen molar-refractivity contribution in [3.8, 4) is 0 Å². The molecule has 4 fully saturated rings. The van der Waals surface area contributed by atoms with Crippen LogP contribution in [0.4, 0.5) is 0 Å². The summed E-state index contributed by atoms with van der Waals surface area (Å²) in [5.74, 6) is -2.13. The van der Waals surface area contributed by atoms with E-state index in [1.807, 2.05) is 6.92 Å². The molecule has 1 spiro atoms. The van der Waals surface area contributed by atoms with Crippen molar-refractivity contribution < 1.29 is 33.7 Å². The molecule has 1 N–H and O–H groups in total. The summed E-state index contributed by atoms with van der Waals surface area (Å²) in [7, 11) is 0. The largest absolute Gasteiger partial charge is 0.466 e. The van der Waals surface area contributed by atoms with Crippen molar-refractivity contribution in [1.29, 1.82) is 0 Å². The summed E-state index contributed by atoms with van der Waals surface area (Å²) in [5, 5.41) is 9.15. The quantitative estimate of drug-likeness (QED) is 0.186. The van der Waals surface area contributed by atoms with Crippen molar-refractivity contribution in [2.75, 3.05) is 65.7 Å². The second-order valence-electron chi connectivity index (χ2n) is 11.3. The Labute approximate surface area is 232 Å². The fraction of sp³-hybridized carbons (Fsp3) is 0.828. The summed E-state index contributed by atoms with van der Waals surface area (Å²) in [6.45, 7) is 13.1. The second-order valence-corrected chi connectivity index (χ2v) is 11.3. The summed E-state index contributed by atoms with van der Waals surface area (Å²) in [6, 6.07) is -0.787. The summed E-state index contributed by atoms with van der Waals surface area (Å²) in [6.07, 6.45) is 6.63. The maximum atomic E-state index is 14.4. The summed E-state index contributed by atoms with van der Waals surface area (Å²) in [5.41, 5.74) is -1.82. The van der Waals surface area contributed by atoms with Crippen LogP contribution in [-0.4, -0.2) is 121 Å². The van der Waals surface area contributed by atoms with Gasteiger partial charge in [-0.1, -0.05) is 25.8 Å². The monoisotopic (exact) mass is 549 g/mol. The normalized spacial score (nSPS) is 31.9. The number of aliphatic hydroxyl groups is 1. The van der Waals surface area contributed by atoms with E-state index < -0.39 is 35.0 Å². The SMILES string of the molecule is C=CCN(CCN1CCOCC1)C(=O)C1N(CCCCCCO)C(=O)[C@@H]2[C@@H](C(=O)OCC)[C@@]3(CC)CCC12O3.